The van der Waals surface area contributed by atoms with E-state index in [-0.39, 0.29) is 5.91 Å². The number of para-hydroxylation sites is 1. The zero-order valence-corrected chi connectivity index (χ0v) is 16.1. The van der Waals surface area contributed by atoms with Crippen molar-refractivity contribution in [3.8, 4) is 11.5 Å². The topological polar surface area (TPSA) is 51.1 Å². The van der Waals surface area contributed by atoms with Crippen LogP contribution in [0.3, 0.4) is 0 Å². The van der Waals surface area contributed by atoms with Crippen molar-refractivity contribution in [3.63, 3.8) is 0 Å². The molecule has 0 aliphatic carbocycles. The van der Waals surface area contributed by atoms with Gasteiger partial charge in [-0.2, -0.15) is 0 Å². The van der Waals surface area contributed by atoms with Crippen molar-refractivity contribution in [2.75, 3.05) is 27.3 Å². The van der Waals surface area contributed by atoms with E-state index in [0.29, 0.717) is 35.2 Å². The quantitative estimate of drug-likeness (QED) is 0.771. The number of rotatable bonds is 5. The Bertz CT molecular complexity index is 824. The van der Waals surface area contributed by atoms with Gasteiger partial charge in [-0.25, -0.2) is 0 Å². The molecule has 26 heavy (non-hydrogen) atoms. The van der Waals surface area contributed by atoms with E-state index in [1.165, 1.54) is 18.9 Å². The van der Waals surface area contributed by atoms with E-state index in [0.717, 1.165) is 16.5 Å². The van der Waals surface area contributed by atoms with Crippen molar-refractivity contribution in [1.82, 2.24) is 4.90 Å². The van der Waals surface area contributed by atoms with E-state index in [2.05, 4.69) is 4.99 Å². The van der Waals surface area contributed by atoms with Crippen molar-refractivity contribution in [2.24, 2.45) is 4.99 Å². The molecule has 0 aromatic heterocycles. The van der Waals surface area contributed by atoms with Gasteiger partial charge in [-0.1, -0.05) is 41.6 Å². The van der Waals surface area contributed by atoms with Crippen LogP contribution in [0.5, 0.6) is 11.5 Å². The molecule has 2 aromatic carbocycles. The second-order valence-electron chi connectivity index (χ2n) is 5.58. The molecule has 1 aliphatic heterocycles. The van der Waals surface area contributed by atoms with Crippen LogP contribution in [0.4, 0.5) is 0 Å². The first-order chi connectivity index (χ1) is 12.6. The molecule has 7 heteroatoms. The summed E-state index contributed by atoms with van der Waals surface area (Å²) in [5.74, 6) is 1.55. The molecule has 3 rings (SSSR count). The Morgan fingerprint density at radius 2 is 1.96 bits per heavy atom. The number of methoxy groups -OCH3 is 2. The molecule has 136 valence electrons. The number of amides is 1. The smallest absolute Gasteiger partial charge is 0.263 e. The minimum Gasteiger partial charge on any atom is -0.493 e. The molecule has 0 bridgehead atoms. The number of hydrogen-bond acceptors (Lipinski definition) is 5. The van der Waals surface area contributed by atoms with E-state index >= 15 is 0 Å². The highest BCUT2D eigenvalue weighted by Crippen LogP contribution is 2.32. The predicted molar refractivity (Wildman–Crippen MR) is 106 cm³/mol. The van der Waals surface area contributed by atoms with Gasteiger partial charge < -0.3 is 9.47 Å². The van der Waals surface area contributed by atoms with E-state index in [9.17, 15) is 4.79 Å². The third kappa shape index (κ3) is 3.97. The molecule has 1 amide bonds. The summed E-state index contributed by atoms with van der Waals surface area (Å²) in [5.41, 5.74) is 1.59. The average Bonchev–Trinajstić information content (AvgIpc) is 3.14. The number of amidine groups is 1. The Kier molecular flexibility index (Phi) is 6.06. The molecule has 0 radical (unpaired) electrons. The molecule has 1 heterocycles. The standard InChI is InChI=1S/C19H19ClN2O3S/c1-24-16-5-3-4-15(17(16)25-2)18(23)22-11-10-21-19(22)26-12-13-6-8-14(20)9-7-13/h3-9H,10-12H2,1-2H3. The number of carbonyl (C=O) groups excluding carboxylic acids is 1. The monoisotopic (exact) mass is 390 g/mol. The van der Waals surface area contributed by atoms with Crippen LogP contribution in [-0.2, 0) is 5.75 Å². The highest BCUT2D eigenvalue weighted by atomic mass is 35.5. The van der Waals surface area contributed by atoms with Crippen LogP contribution in [0.1, 0.15) is 15.9 Å². The van der Waals surface area contributed by atoms with Crippen molar-refractivity contribution in [1.29, 1.82) is 0 Å². The summed E-state index contributed by atoms with van der Waals surface area (Å²) in [4.78, 5) is 19.2. The maximum absolute atomic E-state index is 13.0. The molecule has 0 spiro atoms. The molecule has 0 saturated carbocycles. The van der Waals surface area contributed by atoms with Crippen molar-refractivity contribution >= 4 is 34.4 Å². The minimum atomic E-state index is -0.138. The number of thioether (sulfide) groups is 1. The summed E-state index contributed by atoms with van der Waals surface area (Å²) in [7, 11) is 3.08. The largest absolute Gasteiger partial charge is 0.493 e. The van der Waals surface area contributed by atoms with Gasteiger partial charge in [0.2, 0.25) is 0 Å². The fraction of sp³-hybridized carbons (Fsp3) is 0.263. The summed E-state index contributed by atoms with van der Waals surface area (Å²) in [6, 6.07) is 13.0. The number of halogens is 1. The van der Waals surface area contributed by atoms with E-state index in [4.69, 9.17) is 21.1 Å². The maximum Gasteiger partial charge on any atom is 0.263 e. The molecule has 0 N–H and O–H groups in total. The van der Waals surface area contributed by atoms with Crippen LogP contribution in [-0.4, -0.2) is 43.3 Å². The lowest BCUT2D eigenvalue weighted by molar-refractivity contribution is 0.0856. The predicted octanol–water partition coefficient (Wildman–Crippen LogP) is 4.10. The Labute approximate surface area is 162 Å². The number of carbonyl (C=O) groups is 1. The normalized spacial score (nSPS) is 13.5. The van der Waals surface area contributed by atoms with Gasteiger partial charge in [0, 0.05) is 17.3 Å². The Morgan fingerprint density at radius 3 is 2.65 bits per heavy atom. The van der Waals surface area contributed by atoms with Crippen LogP contribution in [0.15, 0.2) is 47.5 Å². The average molecular weight is 391 g/mol. The van der Waals surface area contributed by atoms with Gasteiger partial charge in [0.1, 0.15) is 0 Å². The van der Waals surface area contributed by atoms with Crippen LogP contribution in [0.2, 0.25) is 5.02 Å². The van der Waals surface area contributed by atoms with Gasteiger partial charge in [-0.15, -0.1) is 0 Å². The van der Waals surface area contributed by atoms with E-state index < -0.39 is 0 Å². The molecular weight excluding hydrogens is 372 g/mol. The SMILES string of the molecule is COc1cccc(C(=O)N2CCN=C2SCc2ccc(Cl)cc2)c1OC. The van der Waals surface area contributed by atoms with Crippen LogP contribution < -0.4 is 9.47 Å². The second kappa shape index (κ2) is 8.47. The fourth-order valence-electron chi connectivity index (χ4n) is 2.67. The third-order valence-corrected chi connectivity index (χ3v) is 5.30. The molecule has 0 fully saturated rings. The highest BCUT2D eigenvalue weighted by Gasteiger charge is 2.28. The molecule has 0 atom stereocenters. The zero-order chi connectivity index (χ0) is 18.5. The molecule has 0 saturated heterocycles. The molecule has 2 aromatic rings. The Balaban J connectivity index is 1.75. The molecule has 0 unspecified atom stereocenters. The first kappa shape index (κ1) is 18.6. The van der Waals surface area contributed by atoms with Crippen LogP contribution in [0, 0.1) is 0 Å². The van der Waals surface area contributed by atoms with Crippen LogP contribution in [0.25, 0.3) is 0 Å². The van der Waals surface area contributed by atoms with Gasteiger partial charge in [-0.05, 0) is 29.8 Å². The zero-order valence-electron chi connectivity index (χ0n) is 14.6. The van der Waals surface area contributed by atoms with E-state index in [1.54, 1.807) is 30.2 Å². The Hall–Kier alpha value is -2.18. The lowest BCUT2D eigenvalue weighted by atomic mass is 10.1. The molecular formula is C19H19ClN2O3S. The maximum atomic E-state index is 13.0. The van der Waals surface area contributed by atoms with Gasteiger partial charge in [0.15, 0.2) is 16.7 Å². The van der Waals surface area contributed by atoms with Gasteiger partial charge in [-0.3, -0.25) is 14.7 Å². The van der Waals surface area contributed by atoms with Gasteiger partial charge >= 0.3 is 0 Å². The van der Waals surface area contributed by atoms with Gasteiger partial charge in [0.25, 0.3) is 5.91 Å². The summed E-state index contributed by atoms with van der Waals surface area (Å²) in [6.45, 7) is 1.16. The number of nitrogens with zero attached hydrogens (tertiary/aromatic N) is 2. The van der Waals surface area contributed by atoms with Crippen LogP contribution >= 0.6 is 23.4 Å². The van der Waals surface area contributed by atoms with Crippen molar-refractivity contribution < 1.29 is 14.3 Å². The third-order valence-electron chi connectivity index (χ3n) is 3.96. The molecule has 5 nitrogen and oxygen atoms in total. The highest BCUT2D eigenvalue weighted by molar-refractivity contribution is 8.13. The first-order valence-corrected chi connectivity index (χ1v) is 9.45. The second-order valence-corrected chi connectivity index (χ2v) is 6.96. The molecule has 1 aliphatic rings. The lowest BCUT2D eigenvalue weighted by Crippen LogP contribution is -2.33. The summed E-state index contributed by atoms with van der Waals surface area (Å²) >= 11 is 7.46. The minimum absolute atomic E-state index is 0.138. The number of benzene rings is 2. The van der Waals surface area contributed by atoms with E-state index in [1.807, 2.05) is 24.3 Å². The lowest BCUT2D eigenvalue weighted by Gasteiger charge is -2.20. The fourth-order valence-corrected chi connectivity index (χ4v) is 3.79. The summed E-state index contributed by atoms with van der Waals surface area (Å²) in [6.07, 6.45) is 0. The first-order valence-electron chi connectivity index (χ1n) is 8.08. The summed E-state index contributed by atoms with van der Waals surface area (Å²) < 4.78 is 10.7. The number of aliphatic imine (C=N–C) groups is 1. The van der Waals surface area contributed by atoms with Gasteiger partial charge in [0.05, 0.1) is 26.3 Å². The Morgan fingerprint density at radius 1 is 1.19 bits per heavy atom. The van der Waals surface area contributed by atoms with Crippen molar-refractivity contribution in [3.05, 3.63) is 58.6 Å². The van der Waals surface area contributed by atoms with Crippen molar-refractivity contribution in [2.45, 2.75) is 5.75 Å². The number of hydrogen-bond donors (Lipinski definition) is 0. The summed E-state index contributed by atoms with van der Waals surface area (Å²) in [5, 5.41) is 1.42. The number of ether oxygens (including phenoxy) is 2.